The second kappa shape index (κ2) is 9.11. The summed E-state index contributed by atoms with van der Waals surface area (Å²) in [6, 6.07) is 5.83. The summed E-state index contributed by atoms with van der Waals surface area (Å²) in [5.41, 5.74) is 2.10. The summed E-state index contributed by atoms with van der Waals surface area (Å²) in [6.07, 6.45) is 6.10. The molecular formula is C26H37N3O4. The zero-order valence-electron chi connectivity index (χ0n) is 20.2. The van der Waals surface area contributed by atoms with Crippen molar-refractivity contribution in [2.24, 2.45) is 5.92 Å². The Hall–Kier alpha value is -2.38. The number of benzene rings is 1. The maximum absolute atomic E-state index is 12.4. The smallest absolute Gasteiger partial charge is 0.322 e. The summed E-state index contributed by atoms with van der Waals surface area (Å²) >= 11 is 0. The Morgan fingerprint density at radius 2 is 1.97 bits per heavy atom. The minimum absolute atomic E-state index is 0.0523. The molecular weight excluding hydrogens is 418 g/mol. The van der Waals surface area contributed by atoms with E-state index in [0.717, 1.165) is 31.7 Å². The van der Waals surface area contributed by atoms with E-state index in [-0.39, 0.29) is 11.9 Å². The fraction of sp³-hybridized carbons (Fsp3) is 0.615. The molecule has 3 amide bonds. The third-order valence-electron chi connectivity index (χ3n) is 7.92. The van der Waals surface area contributed by atoms with E-state index in [0.29, 0.717) is 31.6 Å². The third kappa shape index (κ3) is 4.66. The molecule has 3 N–H and O–H groups in total. The van der Waals surface area contributed by atoms with Gasteiger partial charge < -0.3 is 15.2 Å². The van der Waals surface area contributed by atoms with Crippen molar-refractivity contribution in [2.75, 3.05) is 20.2 Å². The average molecular weight is 456 g/mol. The number of carbonyl (C=O) groups is 2. The van der Waals surface area contributed by atoms with Crippen LogP contribution >= 0.6 is 0 Å². The van der Waals surface area contributed by atoms with Gasteiger partial charge in [0.25, 0.3) is 5.91 Å². The summed E-state index contributed by atoms with van der Waals surface area (Å²) < 4.78 is 5.41. The molecule has 3 aliphatic rings. The second-order valence-electron chi connectivity index (χ2n) is 10.4. The Labute approximate surface area is 196 Å². The molecule has 7 heteroatoms. The van der Waals surface area contributed by atoms with Crippen molar-refractivity contribution in [2.45, 2.75) is 76.5 Å². The first-order valence-corrected chi connectivity index (χ1v) is 12.0. The molecule has 0 bridgehead atoms. The summed E-state index contributed by atoms with van der Waals surface area (Å²) in [5, 5.41) is 17.0. The number of imide groups is 1. The molecule has 2 saturated heterocycles. The maximum Gasteiger partial charge on any atom is 0.322 e. The Morgan fingerprint density at radius 3 is 2.58 bits per heavy atom. The Balaban J connectivity index is 1.47. The van der Waals surface area contributed by atoms with Gasteiger partial charge in [-0.15, -0.1) is 0 Å². The van der Waals surface area contributed by atoms with Crippen LogP contribution in [0, 0.1) is 12.8 Å². The minimum Gasteiger partial charge on any atom is -0.497 e. The van der Waals surface area contributed by atoms with Gasteiger partial charge in [-0.3, -0.25) is 15.0 Å². The van der Waals surface area contributed by atoms with E-state index in [2.05, 4.69) is 54.5 Å². The number of methoxy groups -OCH3 is 1. The van der Waals surface area contributed by atoms with Gasteiger partial charge in [0.15, 0.2) is 0 Å². The minimum atomic E-state index is -0.860. The molecule has 2 aliphatic heterocycles. The van der Waals surface area contributed by atoms with Crippen LogP contribution in [0.5, 0.6) is 5.75 Å². The lowest BCUT2D eigenvalue weighted by Gasteiger charge is -2.57. The van der Waals surface area contributed by atoms with E-state index in [1.54, 1.807) is 7.11 Å². The Morgan fingerprint density at radius 1 is 1.24 bits per heavy atom. The van der Waals surface area contributed by atoms with Crippen molar-refractivity contribution in [3.8, 4) is 5.75 Å². The highest BCUT2D eigenvalue weighted by Crippen LogP contribution is 2.46. The molecule has 0 aromatic heterocycles. The highest BCUT2D eigenvalue weighted by atomic mass is 16.5. The number of aliphatic hydroxyl groups is 1. The molecule has 1 spiro atoms. The van der Waals surface area contributed by atoms with Gasteiger partial charge in [0.1, 0.15) is 11.3 Å². The molecule has 3 fully saturated rings. The van der Waals surface area contributed by atoms with E-state index in [1.165, 1.54) is 16.7 Å². The first kappa shape index (κ1) is 23.8. The van der Waals surface area contributed by atoms with Gasteiger partial charge in [-0.1, -0.05) is 17.7 Å². The SMILES string of the molecule is COc1ccc(C)c(CCC2CN(CC=C(C)C)C2C2(O)CCC3(CC2)NC(=O)NC3=O)c1. The number of hydrogen-bond donors (Lipinski definition) is 3. The van der Waals surface area contributed by atoms with Crippen LogP contribution in [-0.2, 0) is 11.2 Å². The highest BCUT2D eigenvalue weighted by molar-refractivity contribution is 6.07. The van der Waals surface area contributed by atoms with Crippen LogP contribution in [-0.4, -0.2) is 59.3 Å². The number of nitrogens with zero attached hydrogens (tertiary/aromatic N) is 1. The quantitative estimate of drug-likeness (QED) is 0.434. The lowest BCUT2D eigenvalue weighted by molar-refractivity contribution is -0.154. The fourth-order valence-electron chi connectivity index (χ4n) is 5.86. The van der Waals surface area contributed by atoms with E-state index < -0.39 is 17.2 Å². The molecule has 2 unspecified atom stereocenters. The van der Waals surface area contributed by atoms with Crippen molar-refractivity contribution < 1.29 is 19.4 Å². The molecule has 7 nitrogen and oxygen atoms in total. The van der Waals surface area contributed by atoms with Gasteiger partial charge in [-0.05, 0) is 88.5 Å². The van der Waals surface area contributed by atoms with E-state index in [1.807, 2.05) is 6.07 Å². The maximum atomic E-state index is 12.4. The van der Waals surface area contributed by atoms with Gasteiger partial charge in [-0.25, -0.2) is 4.79 Å². The number of rotatable bonds is 7. The van der Waals surface area contributed by atoms with Crippen molar-refractivity contribution in [1.82, 2.24) is 15.5 Å². The standard InChI is InChI=1S/C26H37N3O4/c1-17(2)9-14-29-16-20(7-6-19-15-21(33-4)8-5-18(19)3)22(29)26(32)12-10-25(11-13-26)23(30)27-24(31)28-25/h5,8-9,15,20,22,32H,6-7,10-14,16H2,1-4H3,(H2,27,28,30,31). The zero-order chi connectivity index (χ0) is 23.8. The number of likely N-dealkylation sites (tertiary alicyclic amines) is 1. The molecule has 180 valence electrons. The molecule has 1 saturated carbocycles. The first-order valence-electron chi connectivity index (χ1n) is 12.0. The van der Waals surface area contributed by atoms with Gasteiger partial charge in [0, 0.05) is 19.1 Å². The predicted molar refractivity (Wildman–Crippen MR) is 127 cm³/mol. The molecule has 1 aromatic rings. The Bertz CT molecular complexity index is 945. The van der Waals surface area contributed by atoms with Crippen LogP contribution in [0.25, 0.3) is 0 Å². The van der Waals surface area contributed by atoms with Crippen molar-refractivity contribution in [3.05, 3.63) is 41.0 Å². The molecule has 1 aliphatic carbocycles. The number of amides is 3. The monoisotopic (exact) mass is 455 g/mol. The summed E-state index contributed by atoms with van der Waals surface area (Å²) in [6.45, 7) is 8.11. The normalized spacial score (nSPS) is 31.7. The predicted octanol–water partition coefficient (Wildman–Crippen LogP) is 3.09. The molecule has 33 heavy (non-hydrogen) atoms. The van der Waals surface area contributed by atoms with Crippen LogP contribution in [0.3, 0.4) is 0 Å². The van der Waals surface area contributed by atoms with E-state index in [4.69, 9.17) is 4.74 Å². The highest BCUT2D eigenvalue weighted by Gasteiger charge is 2.57. The lowest BCUT2D eigenvalue weighted by atomic mass is 9.64. The van der Waals surface area contributed by atoms with Crippen molar-refractivity contribution in [3.63, 3.8) is 0 Å². The Kier molecular flexibility index (Phi) is 6.56. The number of nitrogens with one attached hydrogen (secondary N) is 2. The van der Waals surface area contributed by atoms with Gasteiger partial charge >= 0.3 is 6.03 Å². The van der Waals surface area contributed by atoms with Crippen LogP contribution in [0.1, 0.15) is 57.1 Å². The number of allylic oxidation sites excluding steroid dienone is 1. The summed E-state index contributed by atoms with van der Waals surface area (Å²) in [5.74, 6) is 1.00. The number of aryl methyl sites for hydroxylation is 2. The third-order valence-corrected chi connectivity index (χ3v) is 7.92. The molecule has 1 aromatic carbocycles. The van der Waals surface area contributed by atoms with Crippen LogP contribution in [0.4, 0.5) is 4.79 Å². The van der Waals surface area contributed by atoms with Crippen LogP contribution in [0.15, 0.2) is 29.8 Å². The molecule has 2 heterocycles. The number of urea groups is 1. The number of ether oxygens (including phenoxy) is 1. The molecule has 0 radical (unpaired) electrons. The van der Waals surface area contributed by atoms with Crippen molar-refractivity contribution >= 4 is 11.9 Å². The van der Waals surface area contributed by atoms with Gasteiger partial charge in [0.05, 0.1) is 12.7 Å². The van der Waals surface area contributed by atoms with Gasteiger partial charge in [-0.2, -0.15) is 0 Å². The van der Waals surface area contributed by atoms with E-state index in [9.17, 15) is 14.7 Å². The lowest BCUT2D eigenvalue weighted by Crippen LogP contribution is -2.69. The number of hydrogen-bond acceptors (Lipinski definition) is 5. The summed E-state index contributed by atoms with van der Waals surface area (Å²) in [4.78, 5) is 26.5. The zero-order valence-corrected chi connectivity index (χ0v) is 20.2. The largest absolute Gasteiger partial charge is 0.497 e. The van der Waals surface area contributed by atoms with Gasteiger partial charge in [0.2, 0.25) is 0 Å². The van der Waals surface area contributed by atoms with Crippen LogP contribution in [0.2, 0.25) is 0 Å². The van der Waals surface area contributed by atoms with Crippen molar-refractivity contribution in [1.29, 1.82) is 0 Å². The first-order chi connectivity index (χ1) is 15.7. The fourth-order valence-corrected chi connectivity index (χ4v) is 5.86. The van der Waals surface area contributed by atoms with E-state index >= 15 is 0 Å². The number of carbonyl (C=O) groups excluding carboxylic acids is 2. The summed E-state index contributed by atoms with van der Waals surface area (Å²) in [7, 11) is 1.69. The van der Waals surface area contributed by atoms with Crippen LogP contribution < -0.4 is 15.4 Å². The second-order valence-corrected chi connectivity index (χ2v) is 10.4. The topological polar surface area (TPSA) is 90.9 Å². The molecule has 2 atom stereocenters. The molecule has 4 rings (SSSR count). The average Bonchev–Trinajstić information content (AvgIpc) is 3.03.